The number of nitrogens with one attached hydrogen (secondary N) is 2. The zero-order valence-electron chi connectivity index (χ0n) is 35.8. The summed E-state index contributed by atoms with van der Waals surface area (Å²) in [5.74, 6) is 0.909. The summed E-state index contributed by atoms with van der Waals surface area (Å²) in [5, 5.41) is 15.9. The third kappa shape index (κ3) is 7.86. The van der Waals surface area contributed by atoms with Crippen LogP contribution >= 0.6 is 0 Å². The molecule has 9 heterocycles. The van der Waals surface area contributed by atoms with E-state index in [-0.39, 0.29) is 41.8 Å². The summed E-state index contributed by atoms with van der Waals surface area (Å²) in [6, 6.07) is 8.63. The lowest BCUT2D eigenvalue weighted by Crippen LogP contribution is -2.49. The van der Waals surface area contributed by atoms with Gasteiger partial charge in [0.25, 0.3) is 12.3 Å². The van der Waals surface area contributed by atoms with Crippen molar-refractivity contribution in [3.8, 4) is 0 Å². The Balaban J connectivity index is 0.657. The van der Waals surface area contributed by atoms with E-state index in [1.54, 1.807) is 28.2 Å². The van der Waals surface area contributed by atoms with Crippen molar-refractivity contribution in [1.29, 1.82) is 0 Å². The molecule has 0 spiro atoms. The molecule has 1 aliphatic carbocycles. The Kier molecular flexibility index (Phi) is 11.0. The molecule has 5 aromatic rings. The molecule has 6 fully saturated rings. The number of halogens is 2. The fraction of sp³-hybridized carbons (Fsp3) is 0.543. The summed E-state index contributed by atoms with van der Waals surface area (Å²) in [5.41, 5.74) is 2.20. The molecule has 1 aromatic carbocycles. The second kappa shape index (κ2) is 17.1. The van der Waals surface area contributed by atoms with Crippen LogP contribution in [0.1, 0.15) is 104 Å². The van der Waals surface area contributed by atoms with Crippen molar-refractivity contribution in [1.82, 2.24) is 44.5 Å². The molecule has 11 rings (SSSR count). The largest absolute Gasteiger partial charge is 0.374 e. The van der Waals surface area contributed by atoms with E-state index >= 15 is 0 Å². The summed E-state index contributed by atoms with van der Waals surface area (Å²) >= 11 is 0. The van der Waals surface area contributed by atoms with Crippen molar-refractivity contribution in [3.63, 3.8) is 0 Å². The summed E-state index contributed by atoms with van der Waals surface area (Å²) in [4.78, 5) is 56.4. The van der Waals surface area contributed by atoms with Crippen LogP contribution in [0.4, 0.5) is 30.8 Å². The molecule has 4 amide bonds. The number of hydrogen-bond donors (Lipinski definition) is 2. The SMILES string of the molecule is O=C1CCN(c2cncc3c(C4CCN(C5CCN(C[C@H]6CC[C@H](n7cc(NC(=O)c8cnn9ccc(N%10C[C@H]%11C[C@@H]%10CO%11)nc89)c(C(F)F)n7)CC6)CC5)CC4)cccc23)C(=O)N1. The molecule has 5 saturated heterocycles. The van der Waals surface area contributed by atoms with Gasteiger partial charge in [0.05, 0.1) is 48.6 Å². The number of pyridine rings is 1. The molecule has 4 aromatic heterocycles. The summed E-state index contributed by atoms with van der Waals surface area (Å²) < 4.78 is 37.6. The molecule has 5 aliphatic heterocycles. The molecule has 18 heteroatoms. The zero-order chi connectivity index (χ0) is 43.5. The van der Waals surface area contributed by atoms with Gasteiger partial charge in [-0.05, 0) is 107 Å². The predicted molar refractivity (Wildman–Crippen MR) is 235 cm³/mol. The van der Waals surface area contributed by atoms with E-state index in [1.807, 2.05) is 18.3 Å². The van der Waals surface area contributed by atoms with Crippen molar-refractivity contribution in [2.45, 2.75) is 101 Å². The number of imide groups is 1. The van der Waals surface area contributed by atoms with E-state index in [0.717, 1.165) is 119 Å². The van der Waals surface area contributed by atoms with E-state index < -0.39 is 24.1 Å². The Bertz CT molecular complexity index is 2560. The number of hydrogen-bond acceptors (Lipinski definition) is 11. The van der Waals surface area contributed by atoms with Crippen molar-refractivity contribution in [2.24, 2.45) is 5.92 Å². The van der Waals surface area contributed by atoms with Crippen molar-refractivity contribution < 1.29 is 27.9 Å². The first-order chi connectivity index (χ1) is 31.2. The number of anilines is 3. The molecule has 2 atom stereocenters. The first-order valence-corrected chi connectivity index (χ1v) is 23.1. The van der Waals surface area contributed by atoms with Crippen LogP contribution in [0, 0.1) is 5.92 Å². The Hall–Kier alpha value is -5.59. The molecule has 16 nitrogen and oxygen atoms in total. The third-order valence-electron chi connectivity index (χ3n) is 14.9. The highest BCUT2D eigenvalue weighted by atomic mass is 19.3. The minimum Gasteiger partial charge on any atom is -0.374 e. The highest BCUT2D eigenvalue weighted by Crippen LogP contribution is 2.39. The summed E-state index contributed by atoms with van der Waals surface area (Å²) in [6.45, 7) is 7.07. The van der Waals surface area contributed by atoms with Crippen LogP contribution in [-0.2, 0) is 9.53 Å². The van der Waals surface area contributed by atoms with Gasteiger partial charge in [0, 0.05) is 61.5 Å². The highest BCUT2D eigenvalue weighted by Gasteiger charge is 2.40. The smallest absolute Gasteiger partial charge is 0.328 e. The fourth-order valence-electron chi connectivity index (χ4n) is 11.5. The average Bonchev–Trinajstić information content (AvgIpc) is 4.14. The Morgan fingerprint density at radius 1 is 0.906 bits per heavy atom. The third-order valence-corrected chi connectivity index (χ3v) is 14.9. The number of alkyl halides is 2. The van der Waals surface area contributed by atoms with Gasteiger partial charge in [-0.3, -0.25) is 29.5 Å². The number of benzene rings is 1. The molecule has 2 bridgehead atoms. The lowest BCUT2D eigenvalue weighted by molar-refractivity contribution is -0.120. The maximum absolute atomic E-state index is 14.3. The van der Waals surface area contributed by atoms with Gasteiger partial charge in [0.15, 0.2) is 11.3 Å². The fourth-order valence-corrected chi connectivity index (χ4v) is 11.5. The highest BCUT2D eigenvalue weighted by molar-refractivity contribution is 6.10. The zero-order valence-corrected chi connectivity index (χ0v) is 35.8. The Labute approximate surface area is 369 Å². The lowest BCUT2D eigenvalue weighted by Gasteiger charge is -2.43. The van der Waals surface area contributed by atoms with Crippen molar-refractivity contribution in [2.75, 3.05) is 67.5 Å². The summed E-state index contributed by atoms with van der Waals surface area (Å²) in [6.07, 6.45) is 15.1. The van der Waals surface area contributed by atoms with E-state index in [4.69, 9.17) is 9.72 Å². The number of fused-ring (bicyclic) bond motifs is 4. The Morgan fingerprint density at radius 3 is 2.48 bits per heavy atom. The molecule has 0 unspecified atom stereocenters. The first-order valence-electron chi connectivity index (χ1n) is 23.1. The molecule has 64 heavy (non-hydrogen) atoms. The number of amides is 4. The predicted octanol–water partition coefficient (Wildman–Crippen LogP) is 6.16. The normalized spacial score (nSPS) is 25.3. The van der Waals surface area contributed by atoms with Gasteiger partial charge in [-0.25, -0.2) is 23.1 Å². The number of ether oxygens (including phenoxy) is 1. The van der Waals surface area contributed by atoms with Crippen LogP contribution in [0.3, 0.4) is 0 Å². The first kappa shape index (κ1) is 41.1. The number of aromatic nitrogens is 6. The van der Waals surface area contributed by atoms with E-state index in [0.29, 0.717) is 36.7 Å². The molecular weight excluding hydrogens is 823 g/mol. The quantitative estimate of drug-likeness (QED) is 0.166. The van der Waals surface area contributed by atoms with E-state index in [1.165, 1.54) is 16.3 Å². The molecule has 2 N–H and O–H groups in total. The monoisotopic (exact) mass is 876 g/mol. The number of morpholine rings is 1. The molecule has 336 valence electrons. The van der Waals surface area contributed by atoms with Gasteiger partial charge in [0.2, 0.25) is 5.91 Å². The minimum atomic E-state index is -2.84. The van der Waals surface area contributed by atoms with Crippen molar-refractivity contribution in [3.05, 3.63) is 72.1 Å². The lowest BCUT2D eigenvalue weighted by atomic mass is 9.84. The standard InChI is InChI=1S/C46H54F2N12O4/c47-43(48)42-38(51-45(62)37-22-50-59-19-12-40(52-44(37)59)58-25-33-20-32(58)27-64-33)26-60(54-42)31-6-4-28(5-7-31)24-55-14-10-30(11-15-55)56-16-8-29(9-17-56)34-2-1-3-35-36(34)21-49-23-39(35)57-18-13-41(61)53-46(57)63/h1-3,12,19,21-23,26,28-33,43H,4-11,13-18,20,24-25,27H2,(H,51,62)(H,53,61,63)/t28-,31-,32-,33-/m1/s1. The van der Waals surface area contributed by atoms with E-state index in [9.17, 15) is 23.2 Å². The van der Waals surface area contributed by atoms with Crippen LogP contribution in [-0.4, -0.2) is 128 Å². The van der Waals surface area contributed by atoms with Gasteiger partial charge in [-0.2, -0.15) is 10.2 Å². The number of carbonyl (C=O) groups excluding carboxylic acids is 3. The molecular formula is C46H54F2N12O4. The number of rotatable bonds is 10. The molecule has 1 saturated carbocycles. The maximum atomic E-state index is 14.3. The van der Waals surface area contributed by atoms with Gasteiger partial charge in [-0.15, -0.1) is 0 Å². The average molecular weight is 877 g/mol. The number of piperidine rings is 2. The van der Waals surface area contributed by atoms with Gasteiger partial charge < -0.3 is 24.8 Å². The van der Waals surface area contributed by atoms with Crippen molar-refractivity contribution >= 4 is 51.5 Å². The summed E-state index contributed by atoms with van der Waals surface area (Å²) in [7, 11) is 0. The number of likely N-dealkylation sites (tertiary alicyclic amines) is 2. The Morgan fingerprint density at radius 2 is 1.73 bits per heavy atom. The molecule has 0 radical (unpaired) electrons. The molecule has 6 aliphatic rings. The van der Waals surface area contributed by atoms with Crippen LogP contribution in [0.15, 0.2) is 55.2 Å². The van der Waals surface area contributed by atoms with Crippen LogP contribution in [0.2, 0.25) is 0 Å². The number of carbonyl (C=O) groups is 3. The van der Waals surface area contributed by atoms with Gasteiger partial charge >= 0.3 is 6.03 Å². The number of urea groups is 1. The second-order valence-electron chi connectivity index (χ2n) is 18.6. The van der Waals surface area contributed by atoms with Crippen LogP contribution in [0.25, 0.3) is 16.4 Å². The van der Waals surface area contributed by atoms with Crippen LogP contribution < -0.4 is 20.4 Å². The van der Waals surface area contributed by atoms with Gasteiger partial charge in [0.1, 0.15) is 11.4 Å². The minimum absolute atomic E-state index is 0.00987. The van der Waals surface area contributed by atoms with E-state index in [2.05, 4.69) is 52.6 Å². The van der Waals surface area contributed by atoms with Gasteiger partial charge in [-0.1, -0.05) is 18.2 Å². The van der Waals surface area contributed by atoms with Crippen LogP contribution in [0.5, 0.6) is 0 Å². The maximum Gasteiger partial charge on any atom is 0.328 e. The second-order valence-corrected chi connectivity index (χ2v) is 18.6. The number of nitrogens with zero attached hydrogens (tertiary/aromatic N) is 10. The topological polar surface area (TPSA) is 158 Å².